The van der Waals surface area contributed by atoms with E-state index in [0.717, 1.165) is 0 Å². The lowest BCUT2D eigenvalue weighted by atomic mass is 9.82. The number of fused-ring (bicyclic) bond motifs is 1. The number of aliphatic hydroxyl groups excluding tert-OH is 1. The predicted molar refractivity (Wildman–Crippen MR) is 92.3 cm³/mol. The van der Waals surface area contributed by atoms with Gasteiger partial charge in [0.15, 0.2) is 5.79 Å². The molecule has 5 atom stereocenters. The number of thioether (sulfide) groups is 1. The van der Waals surface area contributed by atoms with Crippen molar-refractivity contribution in [3.63, 3.8) is 0 Å². The van der Waals surface area contributed by atoms with Crippen LogP contribution >= 0.6 is 11.8 Å². The largest absolute Gasteiger partial charge is 0.477 e. The Balaban J connectivity index is 2.36. The lowest BCUT2D eigenvalue weighted by molar-refractivity contribution is -0.317. The fourth-order valence-corrected chi connectivity index (χ4v) is 3.83. The Hall–Kier alpha value is -0.420. The number of ether oxygens (including phenoxy) is 4. The van der Waals surface area contributed by atoms with Gasteiger partial charge in [0.05, 0.1) is 12.0 Å². The molecule has 2 heterocycles. The molecule has 0 amide bonds. The standard InChI is InChI=1S/C16H29NO7S/c1-6-17-7-10(18)11-12-15(4,24-14(2,3)23-12)8-16(22-11,13(19)20)21-9-25-5/h10-12,17-18H,6-9H2,1-5H3,(H,19,20)/t10-,11-,12+,15-,16?/m1/s1. The molecule has 2 aliphatic heterocycles. The summed E-state index contributed by atoms with van der Waals surface area (Å²) in [4.78, 5) is 12.0. The van der Waals surface area contributed by atoms with E-state index in [9.17, 15) is 15.0 Å². The van der Waals surface area contributed by atoms with Gasteiger partial charge in [0.2, 0.25) is 0 Å². The molecule has 0 aromatic rings. The van der Waals surface area contributed by atoms with Crippen LogP contribution in [0.5, 0.6) is 0 Å². The van der Waals surface area contributed by atoms with Crippen LogP contribution in [0.3, 0.4) is 0 Å². The van der Waals surface area contributed by atoms with Crippen molar-refractivity contribution in [3.8, 4) is 0 Å². The minimum absolute atomic E-state index is 0.0333. The number of rotatable bonds is 8. The van der Waals surface area contributed by atoms with E-state index < -0.39 is 41.5 Å². The van der Waals surface area contributed by atoms with Crippen LogP contribution < -0.4 is 5.32 Å². The number of hydrogen-bond acceptors (Lipinski definition) is 8. The third-order valence-corrected chi connectivity index (χ3v) is 4.77. The van der Waals surface area contributed by atoms with E-state index in [2.05, 4.69) is 5.32 Å². The second-order valence-corrected chi connectivity index (χ2v) is 7.91. The molecule has 1 unspecified atom stereocenters. The predicted octanol–water partition coefficient (Wildman–Crippen LogP) is 0.774. The number of carboxylic acid groups (broad SMARTS) is 1. The van der Waals surface area contributed by atoms with Crippen molar-refractivity contribution in [2.45, 2.75) is 69.6 Å². The zero-order valence-electron chi connectivity index (χ0n) is 15.4. The summed E-state index contributed by atoms with van der Waals surface area (Å²) in [6, 6.07) is 0. The van der Waals surface area contributed by atoms with Crippen LogP contribution in [-0.4, -0.2) is 77.0 Å². The monoisotopic (exact) mass is 379 g/mol. The van der Waals surface area contributed by atoms with Crippen LogP contribution in [0.25, 0.3) is 0 Å². The van der Waals surface area contributed by atoms with Crippen molar-refractivity contribution in [2.24, 2.45) is 0 Å². The van der Waals surface area contributed by atoms with Gasteiger partial charge in [-0.15, -0.1) is 11.8 Å². The molecular formula is C16H29NO7S. The molecule has 0 spiro atoms. The van der Waals surface area contributed by atoms with Gasteiger partial charge in [-0.25, -0.2) is 4.79 Å². The van der Waals surface area contributed by atoms with Crippen LogP contribution in [0, 0.1) is 0 Å². The van der Waals surface area contributed by atoms with E-state index in [-0.39, 0.29) is 18.9 Å². The molecule has 0 bridgehead atoms. The Morgan fingerprint density at radius 1 is 1.40 bits per heavy atom. The summed E-state index contributed by atoms with van der Waals surface area (Å²) >= 11 is 1.35. The Bertz CT molecular complexity index is 491. The average molecular weight is 379 g/mol. The van der Waals surface area contributed by atoms with E-state index in [4.69, 9.17) is 18.9 Å². The SMILES string of the molecule is CCNC[C@@H](O)[C@H]1OC(OCSC)(C(=O)O)C[C@@]2(C)OC(C)(C)O[C@@H]12. The molecule has 2 aliphatic rings. The second kappa shape index (κ2) is 7.67. The third kappa shape index (κ3) is 4.29. The Morgan fingerprint density at radius 3 is 2.64 bits per heavy atom. The molecule has 25 heavy (non-hydrogen) atoms. The Labute approximate surface area is 152 Å². The maximum atomic E-state index is 12.0. The van der Waals surface area contributed by atoms with Crippen LogP contribution in [0.1, 0.15) is 34.1 Å². The highest BCUT2D eigenvalue weighted by Gasteiger charge is 2.65. The number of likely N-dealkylation sites (N-methyl/N-ethyl adjacent to an activating group) is 1. The molecule has 2 rings (SSSR count). The maximum Gasteiger partial charge on any atom is 0.364 e. The maximum absolute atomic E-state index is 12.0. The molecule has 2 saturated heterocycles. The van der Waals surface area contributed by atoms with E-state index >= 15 is 0 Å². The van der Waals surface area contributed by atoms with Crippen molar-refractivity contribution in [1.82, 2.24) is 5.32 Å². The van der Waals surface area contributed by atoms with Crippen molar-refractivity contribution in [2.75, 3.05) is 25.3 Å². The summed E-state index contributed by atoms with van der Waals surface area (Å²) in [7, 11) is 0. The Kier molecular flexibility index (Phi) is 6.41. The van der Waals surface area contributed by atoms with Gasteiger partial charge in [-0.2, -0.15) is 0 Å². The highest BCUT2D eigenvalue weighted by Crippen LogP contribution is 2.49. The van der Waals surface area contributed by atoms with Crippen LogP contribution in [0.4, 0.5) is 0 Å². The Morgan fingerprint density at radius 2 is 2.08 bits per heavy atom. The van der Waals surface area contributed by atoms with Crippen molar-refractivity contribution >= 4 is 17.7 Å². The molecule has 3 N–H and O–H groups in total. The van der Waals surface area contributed by atoms with Crippen LogP contribution in [0.15, 0.2) is 0 Å². The second-order valence-electron chi connectivity index (χ2n) is 7.10. The van der Waals surface area contributed by atoms with Gasteiger partial charge < -0.3 is 34.5 Å². The van der Waals surface area contributed by atoms with Gasteiger partial charge in [0.1, 0.15) is 17.8 Å². The summed E-state index contributed by atoms with van der Waals surface area (Å²) in [5.74, 6) is -3.90. The summed E-state index contributed by atoms with van der Waals surface area (Å²) in [6.07, 6.45) is -0.717. The van der Waals surface area contributed by atoms with Crippen LogP contribution in [0.2, 0.25) is 0 Å². The number of carbonyl (C=O) groups is 1. The van der Waals surface area contributed by atoms with Gasteiger partial charge >= 0.3 is 5.97 Å². The molecule has 0 aromatic heterocycles. The number of nitrogens with one attached hydrogen (secondary N) is 1. The highest BCUT2D eigenvalue weighted by atomic mass is 32.2. The fraction of sp³-hybridized carbons (Fsp3) is 0.938. The van der Waals surface area contributed by atoms with E-state index in [0.29, 0.717) is 6.54 Å². The third-order valence-electron chi connectivity index (χ3n) is 4.42. The minimum Gasteiger partial charge on any atom is -0.477 e. The first-order valence-electron chi connectivity index (χ1n) is 8.40. The number of aliphatic carboxylic acids is 1. The summed E-state index contributed by atoms with van der Waals surface area (Å²) < 4.78 is 23.4. The lowest BCUT2D eigenvalue weighted by Crippen LogP contribution is -2.66. The fourth-order valence-electron chi connectivity index (χ4n) is 3.53. The quantitative estimate of drug-likeness (QED) is 0.527. The summed E-state index contributed by atoms with van der Waals surface area (Å²) in [5.41, 5.74) is -0.962. The average Bonchev–Trinajstić information content (AvgIpc) is 2.77. The molecule has 8 nitrogen and oxygen atoms in total. The lowest BCUT2D eigenvalue weighted by Gasteiger charge is -2.48. The molecule has 2 fully saturated rings. The zero-order chi connectivity index (χ0) is 18.9. The topological polar surface area (TPSA) is 106 Å². The van der Waals surface area contributed by atoms with Crippen molar-refractivity contribution in [3.05, 3.63) is 0 Å². The smallest absolute Gasteiger partial charge is 0.364 e. The molecule has 0 saturated carbocycles. The molecule has 0 aliphatic carbocycles. The van der Waals surface area contributed by atoms with Gasteiger partial charge in [0, 0.05) is 13.0 Å². The van der Waals surface area contributed by atoms with Crippen LogP contribution in [-0.2, 0) is 23.7 Å². The first-order chi connectivity index (χ1) is 11.6. The minimum atomic E-state index is -1.89. The molecule has 9 heteroatoms. The highest BCUT2D eigenvalue weighted by molar-refractivity contribution is 7.98. The van der Waals surface area contributed by atoms with Gasteiger partial charge in [-0.05, 0) is 33.6 Å². The van der Waals surface area contributed by atoms with Gasteiger partial charge in [-0.1, -0.05) is 6.92 Å². The summed E-state index contributed by atoms with van der Waals surface area (Å²) in [6.45, 7) is 8.13. The molecule has 0 aromatic carbocycles. The molecular weight excluding hydrogens is 350 g/mol. The summed E-state index contributed by atoms with van der Waals surface area (Å²) in [5, 5.41) is 23.4. The van der Waals surface area contributed by atoms with Gasteiger partial charge in [0.25, 0.3) is 5.79 Å². The van der Waals surface area contributed by atoms with E-state index in [1.165, 1.54) is 11.8 Å². The number of aliphatic hydroxyl groups is 1. The van der Waals surface area contributed by atoms with E-state index in [1.807, 2.05) is 6.92 Å². The van der Waals surface area contributed by atoms with Crippen molar-refractivity contribution < 1.29 is 34.0 Å². The molecule has 0 radical (unpaired) electrons. The number of hydrogen-bond donors (Lipinski definition) is 3. The van der Waals surface area contributed by atoms with Gasteiger partial charge in [-0.3, -0.25) is 0 Å². The zero-order valence-corrected chi connectivity index (χ0v) is 16.2. The van der Waals surface area contributed by atoms with E-state index in [1.54, 1.807) is 27.0 Å². The number of carboxylic acids is 1. The normalized spacial score (nSPS) is 38.3. The first-order valence-corrected chi connectivity index (χ1v) is 9.79. The van der Waals surface area contributed by atoms with Crippen molar-refractivity contribution in [1.29, 1.82) is 0 Å². The first kappa shape index (κ1) is 20.9. The molecule has 146 valence electrons.